The number of aromatic nitrogens is 2. The van der Waals surface area contributed by atoms with Crippen molar-refractivity contribution in [3.63, 3.8) is 0 Å². The average Bonchev–Trinajstić information content (AvgIpc) is 2.72. The number of nitrogens with one attached hydrogen (secondary N) is 1. The second-order valence-electron chi connectivity index (χ2n) is 5.28. The van der Waals surface area contributed by atoms with E-state index in [1.54, 1.807) is 0 Å². The van der Waals surface area contributed by atoms with Crippen molar-refractivity contribution in [1.29, 1.82) is 0 Å². The fourth-order valence-corrected chi connectivity index (χ4v) is 2.64. The van der Waals surface area contributed by atoms with Gasteiger partial charge in [-0.25, -0.2) is 0 Å². The maximum Gasteiger partial charge on any atom is 0.0778 e. The van der Waals surface area contributed by atoms with Crippen LogP contribution in [-0.2, 0) is 6.54 Å². The molecule has 1 aromatic heterocycles. The standard InChI is InChI=1S/C14H25N3O/c1-2-8-15-9-12-10-16-17(11-12)13-6-4-3-5-7-14(13)18/h10-11,13-15,18H,2-9H2,1H3. The maximum absolute atomic E-state index is 10.1. The van der Waals surface area contributed by atoms with E-state index in [9.17, 15) is 5.11 Å². The molecule has 0 aromatic carbocycles. The summed E-state index contributed by atoms with van der Waals surface area (Å²) in [7, 11) is 0. The molecule has 0 bridgehead atoms. The molecule has 0 amide bonds. The van der Waals surface area contributed by atoms with E-state index in [2.05, 4.69) is 23.5 Å². The van der Waals surface area contributed by atoms with Crippen molar-refractivity contribution < 1.29 is 5.11 Å². The van der Waals surface area contributed by atoms with Gasteiger partial charge in [0.05, 0.1) is 18.3 Å². The molecule has 2 N–H and O–H groups in total. The van der Waals surface area contributed by atoms with Gasteiger partial charge in [0.1, 0.15) is 0 Å². The van der Waals surface area contributed by atoms with Gasteiger partial charge in [-0.3, -0.25) is 4.68 Å². The van der Waals surface area contributed by atoms with Gasteiger partial charge >= 0.3 is 0 Å². The highest BCUT2D eigenvalue weighted by atomic mass is 16.3. The number of rotatable bonds is 5. The molecule has 2 atom stereocenters. The van der Waals surface area contributed by atoms with Gasteiger partial charge in [-0.05, 0) is 25.8 Å². The van der Waals surface area contributed by atoms with E-state index in [1.807, 2.05) is 10.9 Å². The molecule has 1 aliphatic carbocycles. The van der Waals surface area contributed by atoms with Crippen molar-refractivity contribution in [2.75, 3.05) is 6.54 Å². The van der Waals surface area contributed by atoms with Gasteiger partial charge in [0.2, 0.25) is 0 Å². The Hall–Kier alpha value is -0.870. The van der Waals surface area contributed by atoms with Crippen LogP contribution in [0.2, 0.25) is 0 Å². The zero-order chi connectivity index (χ0) is 12.8. The highest BCUT2D eigenvalue weighted by Crippen LogP contribution is 2.27. The third-order valence-electron chi connectivity index (χ3n) is 3.69. The molecular weight excluding hydrogens is 226 g/mol. The normalized spacial score (nSPS) is 25.0. The van der Waals surface area contributed by atoms with E-state index in [1.165, 1.54) is 18.4 Å². The maximum atomic E-state index is 10.1. The molecule has 0 aliphatic heterocycles. The molecule has 4 heteroatoms. The summed E-state index contributed by atoms with van der Waals surface area (Å²) in [5.74, 6) is 0. The number of aliphatic hydroxyl groups excluding tert-OH is 1. The lowest BCUT2D eigenvalue weighted by molar-refractivity contribution is 0.0990. The number of hydrogen-bond donors (Lipinski definition) is 2. The zero-order valence-electron chi connectivity index (χ0n) is 11.3. The van der Waals surface area contributed by atoms with E-state index in [-0.39, 0.29) is 12.1 Å². The van der Waals surface area contributed by atoms with Crippen molar-refractivity contribution in [1.82, 2.24) is 15.1 Å². The van der Waals surface area contributed by atoms with Crippen molar-refractivity contribution in [2.24, 2.45) is 0 Å². The lowest BCUT2D eigenvalue weighted by Gasteiger charge is -2.20. The van der Waals surface area contributed by atoms with Crippen molar-refractivity contribution in [3.8, 4) is 0 Å². The predicted octanol–water partition coefficient (Wildman–Crippen LogP) is 2.25. The highest BCUT2D eigenvalue weighted by Gasteiger charge is 2.23. The number of nitrogens with zero attached hydrogens (tertiary/aromatic N) is 2. The lowest BCUT2D eigenvalue weighted by atomic mass is 10.1. The molecule has 0 radical (unpaired) electrons. The second kappa shape index (κ2) is 6.90. The SMILES string of the molecule is CCCNCc1cnn(C2CCCCCC2O)c1. The molecule has 0 saturated heterocycles. The molecule has 0 spiro atoms. The highest BCUT2D eigenvalue weighted by molar-refractivity contribution is 5.04. The number of hydrogen-bond acceptors (Lipinski definition) is 3. The Balaban J connectivity index is 1.95. The van der Waals surface area contributed by atoms with Crippen LogP contribution in [0.5, 0.6) is 0 Å². The molecule has 4 nitrogen and oxygen atoms in total. The summed E-state index contributed by atoms with van der Waals surface area (Å²) in [5.41, 5.74) is 1.21. The monoisotopic (exact) mass is 251 g/mol. The molecule has 1 aromatic rings. The van der Waals surface area contributed by atoms with Crippen molar-refractivity contribution in [2.45, 2.75) is 64.1 Å². The van der Waals surface area contributed by atoms with Gasteiger partial charge in [-0.1, -0.05) is 26.2 Å². The predicted molar refractivity (Wildman–Crippen MR) is 72.4 cm³/mol. The Morgan fingerprint density at radius 2 is 2.22 bits per heavy atom. The van der Waals surface area contributed by atoms with Crippen molar-refractivity contribution in [3.05, 3.63) is 18.0 Å². The lowest BCUT2D eigenvalue weighted by Crippen LogP contribution is -2.23. The minimum atomic E-state index is -0.233. The van der Waals surface area contributed by atoms with Gasteiger partial charge in [0.15, 0.2) is 0 Å². The third kappa shape index (κ3) is 3.56. The summed E-state index contributed by atoms with van der Waals surface area (Å²) in [5, 5.41) is 18.0. The summed E-state index contributed by atoms with van der Waals surface area (Å²) >= 11 is 0. The van der Waals surface area contributed by atoms with Crippen LogP contribution < -0.4 is 5.32 Å². The molecule has 18 heavy (non-hydrogen) atoms. The Morgan fingerprint density at radius 3 is 3.06 bits per heavy atom. The van der Waals surface area contributed by atoms with E-state index in [0.717, 1.165) is 38.8 Å². The van der Waals surface area contributed by atoms with Gasteiger partial charge in [0, 0.05) is 18.3 Å². The smallest absolute Gasteiger partial charge is 0.0778 e. The third-order valence-corrected chi connectivity index (χ3v) is 3.69. The first-order chi connectivity index (χ1) is 8.81. The summed E-state index contributed by atoms with van der Waals surface area (Å²) in [4.78, 5) is 0. The van der Waals surface area contributed by atoms with Crippen LogP contribution in [0.1, 0.15) is 57.1 Å². The van der Waals surface area contributed by atoms with Gasteiger partial charge in [-0.2, -0.15) is 5.10 Å². The Kier molecular flexibility index (Phi) is 5.20. The first-order valence-corrected chi connectivity index (χ1v) is 7.23. The van der Waals surface area contributed by atoms with Crippen LogP contribution in [0.4, 0.5) is 0 Å². The first kappa shape index (κ1) is 13.6. The van der Waals surface area contributed by atoms with Crippen LogP contribution in [0.3, 0.4) is 0 Å². The van der Waals surface area contributed by atoms with Gasteiger partial charge in [-0.15, -0.1) is 0 Å². The average molecular weight is 251 g/mol. The minimum Gasteiger partial charge on any atom is -0.391 e. The fraction of sp³-hybridized carbons (Fsp3) is 0.786. The van der Waals surface area contributed by atoms with E-state index < -0.39 is 0 Å². The first-order valence-electron chi connectivity index (χ1n) is 7.23. The summed E-state index contributed by atoms with van der Waals surface area (Å²) < 4.78 is 1.97. The zero-order valence-corrected chi connectivity index (χ0v) is 11.3. The molecule has 1 fully saturated rings. The molecule has 1 heterocycles. The van der Waals surface area contributed by atoms with Crippen LogP contribution in [0.15, 0.2) is 12.4 Å². The molecule has 1 aliphatic rings. The van der Waals surface area contributed by atoms with Crippen LogP contribution >= 0.6 is 0 Å². The van der Waals surface area contributed by atoms with Crippen LogP contribution in [0.25, 0.3) is 0 Å². The summed E-state index contributed by atoms with van der Waals surface area (Å²) in [6.07, 6.45) is 10.5. The largest absolute Gasteiger partial charge is 0.391 e. The summed E-state index contributed by atoms with van der Waals surface area (Å²) in [6.45, 7) is 4.08. The molecule has 102 valence electrons. The fourth-order valence-electron chi connectivity index (χ4n) is 2.64. The van der Waals surface area contributed by atoms with Crippen molar-refractivity contribution >= 4 is 0 Å². The molecule has 2 rings (SSSR count). The van der Waals surface area contributed by atoms with E-state index in [0.29, 0.717) is 0 Å². The summed E-state index contributed by atoms with van der Waals surface area (Å²) in [6, 6.07) is 0.174. The van der Waals surface area contributed by atoms with E-state index in [4.69, 9.17) is 0 Å². The van der Waals surface area contributed by atoms with E-state index >= 15 is 0 Å². The number of aliphatic hydroxyl groups is 1. The van der Waals surface area contributed by atoms with Crippen LogP contribution in [0, 0.1) is 0 Å². The Morgan fingerprint density at radius 1 is 1.39 bits per heavy atom. The Bertz CT molecular complexity index is 351. The topological polar surface area (TPSA) is 50.1 Å². The van der Waals surface area contributed by atoms with Crippen LogP contribution in [-0.4, -0.2) is 27.5 Å². The Labute approximate surface area is 109 Å². The quantitative estimate of drug-likeness (QED) is 0.623. The molecule has 1 saturated carbocycles. The molecule has 2 unspecified atom stereocenters. The van der Waals surface area contributed by atoms with Gasteiger partial charge < -0.3 is 10.4 Å². The minimum absolute atomic E-state index is 0.174. The second-order valence-corrected chi connectivity index (χ2v) is 5.28. The molecular formula is C14H25N3O. The van der Waals surface area contributed by atoms with Gasteiger partial charge in [0.25, 0.3) is 0 Å².